The number of rotatable bonds is 1. The molecule has 13 heavy (non-hydrogen) atoms. The van der Waals surface area contributed by atoms with Gasteiger partial charge in [-0.15, -0.1) is 11.6 Å². The molecule has 0 aliphatic heterocycles. The van der Waals surface area contributed by atoms with E-state index in [1.165, 1.54) is 18.3 Å². The molecule has 4 nitrogen and oxygen atoms in total. The summed E-state index contributed by atoms with van der Waals surface area (Å²) >= 11 is 5.33. The quantitative estimate of drug-likeness (QED) is 0.297. The minimum absolute atomic E-state index is 0.184. The molecule has 0 aliphatic carbocycles. The third-order valence-corrected chi connectivity index (χ3v) is 1.37. The van der Waals surface area contributed by atoms with Crippen molar-refractivity contribution in [2.45, 2.75) is 0 Å². The molecule has 5 heteroatoms. The van der Waals surface area contributed by atoms with Crippen LogP contribution in [-0.4, -0.2) is 15.8 Å². The van der Waals surface area contributed by atoms with E-state index in [0.717, 1.165) is 0 Å². The van der Waals surface area contributed by atoms with Crippen LogP contribution in [-0.2, 0) is 0 Å². The number of hydrogen-bond donors (Lipinski definition) is 0. The van der Waals surface area contributed by atoms with Gasteiger partial charge in [0.2, 0.25) is 0 Å². The van der Waals surface area contributed by atoms with E-state index in [0.29, 0.717) is 5.56 Å². The Kier molecular flexibility index (Phi) is 3.23. The lowest BCUT2D eigenvalue weighted by Gasteiger charge is -1.89. The highest BCUT2D eigenvalue weighted by Crippen LogP contribution is 2.05. The van der Waals surface area contributed by atoms with Crippen LogP contribution in [0.15, 0.2) is 18.3 Å². The number of halogens is 1. The van der Waals surface area contributed by atoms with E-state index in [9.17, 15) is 10.1 Å². The van der Waals surface area contributed by atoms with E-state index >= 15 is 0 Å². The van der Waals surface area contributed by atoms with Gasteiger partial charge in [-0.1, -0.05) is 11.8 Å². The lowest BCUT2D eigenvalue weighted by atomic mass is 10.3. The van der Waals surface area contributed by atoms with Crippen molar-refractivity contribution in [3.63, 3.8) is 0 Å². The topological polar surface area (TPSA) is 56.0 Å². The molecule has 0 spiro atoms. The second-order valence-electron chi connectivity index (χ2n) is 2.10. The third kappa shape index (κ3) is 2.73. The Morgan fingerprint density at radius 2 is 2.38 bits per heavy atom. The fourth-order valence-electron chi connectivity index (χ4n) is 0.703. The zero-order valence-corrected chi connectivity index (χ0v) is 7.28. The van der Waals surface area contributed by atoms with Gasteiger partial charge in [-0.2, -0.15) is 0 Å². The molecule has 0 saturated heterocycles. The Labute approximate surface area is 79.7 Å². The second-order valence-corrected chi connectivity index (χ2v) is 2.36. The summed E-state index contributed by atoms with van der Waals surface area (Å²) in [4.78, 5) is 13.2. The maximum Gasteiger partial charge on any atom is 0.363 e. The highest BCUT2D eigenvalue weighted by Gasteiger charge is 2.04. The molecule has 0 aliphatic rings. The van der Waals surface area contributed by atoms with Crippen molar-refractivity contribution in [2.24, 2.45) is 0 Å². The maximum absolute atomic E-state index is 10.2. The molecule has 1 rings (SSSR count). The molecule has 0 radical (unpaired) electrons. The van der Waals surface area contributed by atoms with Crippen LogP contribution in [0, 0.1) is 22.0 Å². The molecule has 0 atom stereocenters. The van der Waals surface area contributed by atoms with Crippen molar-refractivity contribution in [3.8, 4) is 11.8 Å². The molecule has 1 heterocycles. The number of aromatic nitrogens is 1. The molecule has 66 valence electrons. The SMILES string of the molecule is O=[N+]([O-])c1ccc(C#CCCl)cn1. The van der Waals surface area contributed by atoms with Crippen molar-refractivity contribution in [2.75, 3.05) is 5.88 Å². The van der Waals surface area contributed by atoms with E-state index in [1.54, 1.807) is 0 Å². The molecular weight excluding hydrogens is 192 g/mol. The zero-order valence-electron chi connectivity index (χ0n) is 6.53. The standard InChI is InChI=1S/C8H5ClN2O2/c9-5-1-2-7-3-4-8(10-6-7)11(12)13/h3-4,6H,5H2. The first-order valence-electron chi connectivity index (χ1n) is 3.39. The molecule has 1 aromatic rings. The Morgan fingerprint density at radius 1 is 1.62 bits per heavy atom. The molecule has 0 saturated carbocycles. The Morgan fingerprint density at radius 3 is 2.85 bits per heavy atom. The molecule has 0 aromatic carbocycles. The van der Waals surface area contributed by atoms with Gasteiger partial charge in [0.15, 0.2) is 6.20 Å². The summed E-state index contributed by atoms with van der Waals surface area (Å²) in [6.07, 6.45) is 1.34. The van der Waals surface area contributed by atoms with Crippen LogP contribution < -0.4 is 0 Å². The van der Waals surface area contributed by atoms with Crippen molar-refractivity contribution in [1.29, 1.82) is 0 Å². The second kappa shape index (κ2) is 4.43. The molecule has 0 unspecified atom stereocenters. The van der Waals surface area contributed by atoms with Crippen molar-refractivity contribution >= 4 is 17.4 Å². The van der Waals surface area contributed by atoms with Crippen LogP contribution in [0.1, 0.15) is 5.56 Å². The monoisotopic (exact) mass is 196 g/mol. The fourth-order valence-corrected chi connectivity index (χ4v) is 0.770. The number of pyridine rings is 1. The summed E-state index contributed by atoms with van der Waals surface area (Å²) in [5, 5.41) is 10.2. The number of nitrogens with zero attached hydrogens (tertiary/aromatic N) is 2. The molecule has 1 aromatic heterocycles. The smallest absolute Gasteiger partial charge is 0.358 e. The largest absolute Gasteiger partial charge is 0.363 e. The summed E-state index contributed by atoms with van der Waals surface area (Å²) in [7, 11) is 0. The van der Waals surface area contributed by atoms with E-state index in [4.69, 9.17) is 11.6 Å². The summed E-state index contributed by atoms with van der Waals surface area (Å²) in [6.45, 7) is 0. The van der Waals surface area contributed by atoms with Crippen LogP contribution in [0.4, 0.5) is 5.82 Å². The van der Waals surface area contributed by atoms with Gasteiger partial charge < -0.3 is 10.1 Å². The lowest BCUT2D eigenvalue weighted by molar-refractivity contribution is -0.389. The van der Waals surface area contributed by atoms with E-state index in [1.807, 2.05) is 0 Å². The fraction of sp³-hybridized carbons (Fsp3) is 0.125. The minimum Gasteiger partial charge on any atom is -0.358 e. The minimum atomic E-state index is -0.557. The highest BCUT2D eigenvalue weighted by atomic mass is 35.5. The van der Waals surface area contributed by atoms with Gasteiger partial charge in [-0.25, -0.2) is 0 Å². The van der Waals surface area contributed by atoms with Gasteiger partial charge in [0, 0.05) is 6.07 Å². The lowest BCUT2D eigenvalue weighted by Crippen LogP contribution is -1.91. The first-order valence-corrected chi connectivity index (χ1v) is 3.93. The first-order chi connectivity index (χ1) is 6.24. The Hall–Kier alpha value is -1.60. The van der Waals surface area contributed by atoms with Crippen LogP contribution >= 0.6 is 11.6 Å². The first kappa shape index (κ1) is 9.49. The zero-order chi connectivity index (χ0) is 9.68. The highest BCUT2D eigenvalue weighted by molar-refractivity contribution is 6.19. The van der Waals surface area contributed by atoms with Gasteiger partial charge in [0.25, 0.3) is 0 Å². The van der Waals surface area contributed by atoms with E-state index < -0.39 is 4.92 Å². The van der Waals surface area contributed by atoms with Crippen LogP contribution in [0.5, 0.6) is 0 Å². The Bertz CT molecular complexity index is 364. The number of alkyl halides is 1. The average Bonchev–Trinajstić information content (AvgIpc) is 2.15. The average molecular weight is 197 g/mol. The predicted octanol–water partition coefficient (Wildman–Crippen LogP) is 1.58. The van der Waals surface area contributed by atoms with Gasteiger partial charge >= 0.3 is 5.82 Å². The summed E-state index contributed by atoms with van der Waals surface area (Å²) in [5.74, 6) is 5.36. The van der Waals surface area contributed by atoms with Gasteiger partial charge in [0.1, 0.15) is 0 Å². The molecule has 0 bridgehead atoms. The van der Waals surface area contributed by atoms with Crippen molar-refractivity contribution in [3.05, 3.63) is 34.0 Å². The Balaban J connectivity index is 2.87. The molecule has 0 amide bonds. The van der Waals surface area contributed by atoms with E-state index in [-0.39, 0.29) is 11.7 Å². The number of hydrogen-bond acceptors (Lipinski definition) is 3. The molecule has 0 N–H and O–H groups in total. The molecular formula is C8H5ClN2O2. The van der Waals surface area contributed by atoms with Crippen LogP contribution in [0.2, 0.25) is 0 Å². The predicted molar refractivity (Wildman–Crippen MR) is 48.5 cm³/mol. The summed E-state index contributed by atoms with van der Waals surface area (Å²) in [6, 6.07) is 2.84. The van der Waals surface area contributed by atoms with Gasteiger partial charge in [-0.05, 0) is 16.0 Å². The van der Waals surface area contributed by atoms with E-state index in [2.05, 4.69) is 16.8 Å². The van der Waals surface area contributed by atoms with Crippen molar-refractivity contribution < 1.29 is 4.92 Å². The summed E-state index contributed by atoms with van der Waals surface area (Å²) < 4.78 is 0. The van der Waals surface area contributed by atoms with Gasteiger partial charge in [-0.3, -0.25) is 0 Å². The molecule has 0 fully saturated rings. The van der Waals surface area contributed by atoms with Crippen LogP contribution in [0.25, 0.3) is 0 Å². The normalized spacial score (nSPS) is 8.69. The maximum atomic E-state index is 10.2. The van der Waals surface area contributed by atoms with Crippen molar-refractivity contribution in [1.82, 2.24) is 4.98 Å². The number of nitro groups is 1. The van der Waals surface area contributed by atoms with Gasteiger partial charge in [0.05, 0.1) is 11.4 Å². The summed E-state index contributed by atoms with van der Waals surface area (Å²) in [5.41, 5.74) is 0.617. The third-order valence-electron chi connectivity index (χ3n) is 1.23. The van der Waals surface area contributed by atoms with Crippen LogP contribution in [0.3, 0.4) is 0 Å².